The van der Waals surface area contributed by atoms with E-state index in [-0.39, 0.29) is 11.0 Å². The number of nitrogens with one attached hydrogen (secondary N) is 1. The predicted octanol–water partition coefficient (Wildman–Crippen LogP) is 3.08. The second-order valence-electron chi connectivity index (χ2n) is 5.34. The van der Waals surface area contributed by atoms with Crippen LogP contribution in [-0.4, -0.2) is 41.3 Å². The average Bonchev–Trinajstić information content (AvgIpc) is 2.90. The standard InChI is InChI=1S/C15H20N2O2S/c1-12-4-2-3-5-13(12)16-14(18)17-8-6-15(7-9-17)19-10-11-20-15/h2-5H,6-11H2,1H3,(H,16,18). The Kier molecular flexibility index (Phi) is 3.89. The van der Waals surface area contributed by atoms with Crippen molar-refractivity contribution in [3.05, 3.63) is 29.8 Å². The summed E-state index contributed by atoms with van der Waals surface area (Å²) in [5.41, 5.74) is 1.98. The number of rotatable bonds is 1. The van der Waals surface area contributed by atoms with Crippen molar-refractivity contribution in [1.82, 2.24) is 4.90 Å². The topological polar surface area (TPSA) is 41.6 Å². The number of piperidine rings is 1. The Morgan fingerprint density at radius 2 is 2.10 bits per heavy atom. The van der Waals surface area contributed by atoms with Gasteiger partial charge in [0.25, 0.3) is 0 Å². The van der Waals surface area contributed by atoms with Crippen molar-refractivity contribution in [3.8, 4) is 0 Å². The number of carbonyl (C=O) groups is 1. The number of aryl methyl sites for hydroxylation is 1. The Hall–Kier alpha value is -1.20. The highest BCUT2D eigenvalue weighted by Crippen LogP contribution is 2.41. The Morgan fingerprint density at radius 1 is 1.35 bits per heavy atom. The normalized spacial score (nSPS) is 21.1. The third kappa shape index (κ3) is 2.79. The summed E-state index contributed by atoms with van der Waals surface area (Å²) in [5, 5.41) is 3.00. The summed E-state index contributed by atoms with van der Waals surface area (Å²) in [7, 11) is 0. The molecule has 2 aliphatic heterocycles. The number of amides is 2. The number of benzene rings is 1. The fourth-order valence-electron chi connectivity index (χ4n) is 2.74. The first-order valence-corrected chi connectivity index (χ1v) is 8.07. The molecule has 1 aromatic rings. The van der Waals surface area contributed by atoms with Crippen LogP contribution in [0.3, 0.4) is 0 Å². The first-order chi connectivity index (χ1) is 9.69. The molecule has 108 valence electrons. The molecule has 0 unspecified atom stereocenters. The number of hydrogen-bond acceptors (Lipinski definition) is 3. The summed E-state index contributed by atoms with van der Waals surface area (Å²) in [5.74, 6) is 1.08. The first kappa shape index (κ1) is 13.8. The fraction of sp³-hybridized carbons (Fsp3) is 0.533. The van der Waals surface area contributed by atoms with Crippen LogP contribution in [0.4, 0.5) is 10.5 Å². The van der Waals surface area contributed by atoms with E-state index in [9.17, 15) is 4.79 Å². The zero-order chi connectivity index (χ0) is 14.0. The van der Waals surface area contributed by atoms with E-state index in [1.807, 2.05) is 47.9 Å². The van der Waals surface area contributed by atoms with E-state index in [4.69, 9.17) is 4.74 Å². The zero-order valence-electron chi connectivity index (χ0n) is 11.7. The van der Waals surface area contributed by atoms with Gasteiger partial charge in [0.05, 0.1) is 6.61 Å². The Morgan fingerprint density at radius 3 is 2.75 bits per heavy atom. The monoisotopic (exact) mass is 292 g/mol. The minimum Gasteiger partial charge on any atom is -0.363 e. The molecule has 3 rings (SSSR count). The van der Waals surface area contributed by atoms with Gasteiger partial charge in [0.2, 0.25) is 0 Å². The summed E-state index contributed by atoms with van der Waals surface area (Å²) >= 11 is 1.91. The summed E-state index contributed by atoms with van der Waals surface area (Å²) in [4.78, 5) is 14.2. The molecule has 2 heterocycles. The summed E-state index contributed by atoms with van der Waals surface area (Å²) in [6.07, 6.45) is 1.86. The molecular formula is C15H20N2O2S. The third-order valence-corrected chi connectivity index (χ3v) is 5.44. The van der Waals surface area contributed by atoms with E-state index in [0.717, 1.165) is 49.5 Å². The van der Waals surface area contributed by atoms with Crippen LogP contribution >= 0.6 is 11.8 Å². The molecule has 2 aliphatic rings. The number of thioether (sulfide) groups is 1. The van der Waals surface area contributed by atoms with Gasteiger partial charge < -0.3 is 15.0 Å². The van der Waals surface area contributed by atoms with Crippen molar-refractivity contribution in [3.63, 3.8) is 0 Å². The van der Waals surface area contributed by atoms with E-state index >= 15 is 0 Å². The molecule has 2 amide bonds. The van der Waals surface area contributed by atoms with E-state index in [0.29, 0.717) is 0 Å². The molecule has 0 bridgehead atoms. The number of urea groups is 1. The van der Waals surface area contributed by atoms with Gasteiger partial charge in [-0.2, -0.15) is 0 Å². The predicted molar refractivity (Wildman–Crippen MR) is 82.1 cm³/mol. The van der Waals surface area contributed by atoms with Gasteiger partial charge in [0.15, 0.2) is 0 Å². The van der Waals surface area contributed by atoms with E-state index in [1.165, 1.54) is 0 Å². The Bertz CT molecular complexity index is 490. The maximum atomic E-state index is 12.3. The van der Waals surface area contributed by atoms with Crippen LogP contribution in [0.25, 0.3) is 0 Å². The number of anilines is 1. The number of carbonyl (C=O) groups excluding carboxylic acids is 1. The largest absolute Gasteiger partial charge is 0.363 e. The van der Waals surface area contributed by atoms with Gasteiger partial charge in [-0.1, -0.05) is 18.2 Å². The highest BCUT2D eigenvalue weighted by Gasteiger charge is 2.40. The number of para-hydroxylation sites is 1. The van der Waals surface area contributed by atoms with Crippen molar-refractivity contribution in [2.75, 3.05) is 30.8 Å². The molecule has 2 saturated heterocycles. The molecule has 5 heteroatoms. The number of likely N-dealkylation sites (tertiary alicyclic amines) is 1. The number of nitrogens with zero attached hydrogens (tertiary/aromatic N) is 1. The van der Waals surface area contributed by atoms with Crippen LogP contribution in [0.15, 0.2) is 24.3 Å². The van der Waals surface area contributed by atoms with Crippen molar-refractivity contribution in [2.24, 2.45) is 0 Å². The molecule has 1 spiro atoms. The minimum absolute atomic E-state index is 0.00264. The van der Waals surface area contributed by atoms with Crippen LogP contribution in [0.1, 0.15) is 18.4 Å². The number of hydrogen-bond donors (Lipinski definition) is 1. The van der Waals surface area contributed by atoms with Crippen LogP contribution in [-0.2, 0) is 4.74 Å². The lowest BCUT2D eigenvalue weighted by atomic mass is 10.1. The van der Waals surface area contributed by atoms with Crippen molar-refractivity contribution >= 4 is 23.5 Å². The van der Waals surface area contributed by atoms with Gasteiger partial charge in [-0.05, 0) is 18.6 Å². The van der Waals surface area contributed by atoms with Gasteiger partial charge in [-0.25, -0.2) is 4.79 Å². The lowest BCUT2D eigenvalue weighted by molar-refractivity contribution is 0.0105. The summed E-state index contributed by atoms with van der Waals surface area (Å²) < 4.78 is 5.85. The highest BCUT2D eigenvalue weighted by molar-refractivity contribution is 8.00. The maximum absolute atomic E-state index is 12.3. The maximum Gasteiger partial charge on any atom is 0.321 e. The second kappa shape index (κ2) is 5.66. The molecule has 1 N–H and O–H groups in total. The minimum atomic E-state index is -0.0144. The van der Waals surface area contributed by atoms with Gasteiger partial charge in [0.1, 0.15) is 4.93 Å². The smallest absolute Gasteiger partial charge is 0.321 e. The van der Waals surface area contributed by atoms with Crippen LogP contribution in [0, 0.1) is 6.92 Å². The molecular weight excluding hydrogens is 272 g/mol. The van der Waals surface area contributed by atoms with Crippen LogP contribution in [0.2, 0.25) is 0 Å². The van der Waals surface area contributed by atoms with Crippen LogP contribution < -0.4 is 5.32 Å². The average molecular weight is 292 g/mol. The molecule has 0 atom stereocenters. The van der Waals surface area contributed by atoms with Crippen molar-refractivity contribution < 1.29 is 9.53 Å². The van der Waals surface area contributed by atoms with E-state index < -0.39 is 0 Å². The zero-order valence-corrected chi connectivity index (χ0v) is 12.5. The second-order valence-corrected chi connectivity index (χ2v) is 6.78. The van der Waals surface area contributed by atoms with Gasteiger partial charge in [-0.3, -0.25) is 0 Å². The number of ether oxygens (including phenoxy) is 1. The summed E-state index contributed by atoms with van der Waals surface area (Å²) in [6.45, 7) is 4.39. The third-order valence-electron chi connectivity index (χ3n) is 4.01. The van der Waals surface area contributed by atoms with E-state index in [2.05, 4.69) is 5.32 Å². The molecule has 4 nitrogen and oxygen atoms in total. The Balaban J connectivity index is 1.58. The summed E-state index contributed by atoms with van der Waals surface area (Å²) in [6, 6.07) is 7.86. The molecule has 0 saturated carbocycles. The highest BCUT2D eigenvalue weighted by atomic mass is 32.2. The molecule has 0 aromatic heterocycles. The molecule has 0 aliphatic carbocycles. The van der Waals surface area contributed by atoms with Gasteiger partial charge in [-0.15, -0.1) is 11.8 Å². The lowest BCUT2D eigenvalue weighted by Crippen LogP contribution is -2.46. The van der Waals surface area contributed by atoms with E-state index in [1.54, 1.807) is 0 Å². The van der Waals surface area contributed by atoms with Gasteiger partial charge >= 0.3 is 6.03 Å². The molecule has 1 aromatic carbocycles. The first-order valence-electron chi connectivity index (χ1n) is 7.08. The molecule has 0 radical (unpaired) electrons. The van der Waals surface area contributed by atoms with Crippen LogP contribution in [0.5, 0.6) is 0 Å². The fourth-order valence-corrected chi connectivity index (χ4v) is 3.92. The molecule has 2 fully saturated rings. The Labute approximate surface area is 123 Å². The SMILES string of the molecule is Cc1ccccc1NC(=O)N1CCC2(CC1)OCCS2. The van der Waals surface area contributed by atoms with Gasteiger partial charge in [0, 0.05) is 37.4 Å². The molecule has 20 heavy (non-hydrogen) atoms. The van der Waals surface area contributed by atoms with Crippen molar-refractivity contribution in [2.45, 2.75) is 24.7 Å². The lowest BCUT2D eigenvalue weighted by Gasteiger charge is -2.37. The quantitative estimate of drug-likeness (QED) is 0.865. The van der Waals surface area contributed by atoms with Crippen molar-refractivity contribution in [1.29, 1.82) is 0 Å².